The third-order valence-electron chi connectivity index (χ3n) is 4.56. The minimum atomic E-state index is -0.162. The van der Waals surface area contributed by atoms with Crippen molar-refractivity contribution in [2.45, 2.75) is 37.3 Å². The highest BCUT2D eigenvalue weighted by atomic mass is 79.9. The molecule has 2 N–H and O–H groups in total. The lowest BCUT2D eigenvalue weighted by molar-refractivity contribution is 0.0144. The molecule has 1 spiro atoms. The van der Waals surface area contributed by atoms with Crippen molar-refractivity contribution in [3.63, 3.8) is 0 Å². The molecule has 2 atom stereocenters. The zero-order valence-corrected chi connectivity index (χ0v) is 14.3. The van der Waals surface area contributed by atoms with Crippen LogP contribution < -0.4 is 10.6 Å². The van der Waals surface area contributed by atoms with E-state index in [0.29, 0.717) is 17.5 Å². The summed E-state index contributed by atoms with van der Waals surface area (Å²) in [6.45, 7) is 0.692. The molecule has 0 bridgehead atoms. The van der Waals surface area contributed by atoms with Crippen molar-refractivity contribution in [3.05, 3.63) is 27.7 Å². The Morgan fingerprint density at radius 1 is 1.48 bits per heavy atom. The average Bonchev–Trinajstić information content (AvgIpc) is 2.80. The van der Waals surface area contributed by atoms with Crippen LogP contribution >= 0.6 is 27.5 Å². The first-order valence-electron chi connectivity index (χ1n) is 7.16. The SMILES string of the molecule is COC1CCCCC12CN=C(N)N2c1ccc(Cl)c(Br)c1. The van der Waals surface area contributed by atoms with Crippen LogP contribution in [-0.4, -0.2) is 31.3 Å². The Kier molecular flexibility index (Phi) is 4.17. The van der Waals surface area contributed by atoms with Crippen LogP contribution in [0.15, 0.2) is 27.7 Å². The number of halogens is 2. The van der Waals surface area contributed by atoms with E-state index in [4.69, 9.17) is 22.1 Å². The lowest BCUT2D eigenvalue weighted by Crippen LogP contribution is -2.61. The van der Waals surface area contributed by atoms with Crippen LogP contribution in [0.25, 0.3) is 0 Å². The highest BCUT2D eigenvalue weighted by Gasteiger charge is 2.50. The van der Waals surface area contributed by atoms with Gasteiger partial charge in [-0.1, -0.05) is 24.4 Å². The number of ether oxygens (including phenoxy) is 1. The summed E-state index contributed by atoms with van der Waals surface area (Å²) in [5.41, 5.74) is 7.04. The average molecular weight is 373 g/mol. The second-order valence-electron chi connectivity index (χ2n) is 5.68. The van der Waals surface area contributed by atoms with Crippen molar-refractivity contribution >= 4 is 39.2 Å². The number of rotatable bonds is 2. The molecule has 2 aliphatic rings. The predicted octanol–water partition coefficient (Wildman–Crippen LogP) is 3.57. The second-order valence-corrected chi connectivity index (χ2v) is 6.94. The molecule has 1 aromatic rings. The van der Waals surface area contributed by atoms with E-state index in [1.807, 2.05) is 18.2 Å². The van der Waals surface area contributed by atoms with E-state index in [1.165, 1.54) is 12.8 Å². The van der Waals surface area contributed by atoms with Crippen LogP contribution in [0.3, 0.4) is 0 Å². The van der Waals surface area contributed by atoms with Gasteiger partial charge in [-0.05, 0) is 47.0 Å². The molecule has 3 rings (SSSR count). The van der Waals surface area contributed by atoms with E-state index in [1.54, 1.807) is 7.11 Å². The Morgan fingerprint density at radius 2 is 2.29 bits per heavy atom. The smallest absolute Gasteiger partial charge is 0.196 e. The number of nitrogens with two attached hydrogens (primary N) is 1. The summed E-state index contributed by atoms with van der Waals surface area (Å²) >= 11 is 9.59. The highest BCUT2D eigenvalue weighted by Crippen LogP contribution is 2.42. The van der Waals surface area contributed by atoms with E-state index >= 15 is 0 Å². The molecule has 0 saturated heterocycles. The summed E-state index contributed by atoms with van der Waals surface area (Å²) < 4.78 is 6.64. The standard InChI is InChI=1S/C15H19BrClN3O/c1-21-13-4-2-3-7-15(13)9-19-14(18)20(15)10-5-6-12(17)11(16)8-10/h5-6,8,13H,2-4,7,9H2,1H3,(H2,18,19). The second kappa shape index (κ2) is 5.78. The summed E-state index contributed by atoms with van der Waals surface area (Å²) in [5, 5.41) is 0.689. The predicted molar refractivity (Wildman–Crippen MR) is 90.1 cm³/mol. The molecule has 21 heavy (non-hydrogen) atoms. The third-order valence-corrected chi connectivity index (χ3v) is 5.77. The molecule has 0 aromatic heterocycles. The summed E-state index contributed by atoms with van der Waals surface area (Å²) in [4.78, 5) is 6.65. The molecule has 4 nitrogen and oxygen atoms in total. The summed E-state index contributed by atoms with van der Waals surface area (Å²) in [6, 6.07) is 5.87. The van der Waals surface area contributed by atoms with Gasteiger partial charge in [0.15, 0.2) is 5.96 Å². The quantitative estimate of drug-likeness (QED) is 0.863. The number of hydrogen-bond acceptors (Lipinski definition) is 4. The first-order valence-corrected chi connectivity index (χ1v) is 8.33. The summed E-state index contributed by atoms with van der Waals surface area (Å²) in [5.74, 6) is 0.563. The number of nitrogens with zero attached hydrogens (tertiary/aromatic N) is 2. The zero-order valence-electron chi connectivity index (χ0n) is 12.0. The van der Waals surface area contributed by atoms with Crippen LogP contribution in [0.1, 0.15) is 25.7 Å². The number of aliphatic imine (C=N–C) groups is 1. The maximum Gasteiger partial charge on any atom is 0.196 e. The Bertz CT molecular complexity index is 580. The minimum Gasteiger partial charge on any atom is -0.379 e. The van der Waals surface area contributed by atoms with Crippen LogP contribution in [0.5, 0.6) is 0 Å². The fourth-order valence-electron chi connectivity index (χ4n) is 3.57. The molecule has 1 fully saturated rings. The van der Waals surface area contributed by atoms with Gasteiger partial charge in [0, 0.05) is 17.3 Å². The lowest BCUT2D eigenvalue weighted by atomic mass is 9.78. The van der Waals surface area contributed by atoms with Gasteiger partial charge >= 0.3 is 0 Å². The van der Waals surface area contributed by atoms with E-state index in [0.717, 1.165) is 23.0 Å². The van der Waals surface area contributed by atoms with Crippen molar-refractivity contribution in [2.24, 2.45) is 10.7 Å². The molecule has 0 radical (unpaired) electrons. The van der Waals surface area contributed by atoms with Crippen LogP contribution in [0, 0.1) is 0 Å². The fraction of sp³-hybridized carbons (Fsp3) is 0.533. The topological polar surface area (TPSA) is 50.9 Å². The first kappa shape index (κ1) is 15.1. The van der Waals surface area contributed by atoms with E-state index in [2.05, 4.69) is 25.8 Å². The number of benzene rings is 1. The number of anilines is 1. The van der Waals surface area contributed by atoms with Crippen LogP contribution in [-0.2, 0) is 4.74 Å². The summed E-state index contributed by atoms with van der Waals surface area (Å²) in [6.07, 6.45) is 4.60. The van der Waals surface area contributed by atoms with E-state index < -0.39 is 0 Å². The van der Waals surface area contributed by atoms with Crippen LogP contribution in [0.4, 0.5) is 5.69 Å². The van der Waals surface area contributed by atoms with Gasteiger partial charge in [0.2, 0.25) is 0 Å². The highest BCUT2D eigenvalue weighted by molar-refractivity contribution is 9.10. The number of methoxy groups -OCH3 is 1. The maximum absolute atomic E-state index is 6.19. The maximum atomic E-state index is 6.19. The number of guanidine groups is 1. The molecule has 1 heterocycles. The van der Waals surface area contributed by atoms with Gasteiger partial charge in [-0.25, -0.2) is 0 Å². The Balaban J connectivity index is 2.04. The molecule has 114 valence electrons. The summed E-state index contributed by atoms with van der Waals surface area (Å²) in [7, 11) is 1.78. The fourth-order valence-corrected chi connectivity index (χ4v) is 4.05. The molecule has 1 aliphatic carbocycles. The molecule has 1 aromatic carbocycles. The van der Waals surface area contributed by atoms with E-state index in [9.17, 15) is 0 Å². The van der Waals surface area contributed by atoms with Gasteiger partial charge in [-0.15, -0.1) is 0 Å². The molecule has 0 amide bonds. The van der Waals surface area contributed by atoms with Gasteiger partial charge in [-0.3, -0.25) is 4.99 Å². The number of hydrogen-bond donors (Lipinski definition) is 1. The van der Waals surface area contributed by atoms with Crippen LogP contribution in [0.2, 0.25) is 5.02 Å². The molecule has 1 aliphatic heterocycles. The third kappa shape index (κ3) is 2.45. The molecular weight excluding hydrogens is 354 g/mol. The Morgan fingerprint density at radius 3 is 3.00 bits per heavy atom. The molecular formula is C15H19BrClN3O. The van der Waals surface area contributed by atoms with Crippen molar-refractivity contribution in [1.82, 2.24) is 0 Å². The lowest BCUT2D eigenvalue weighted by Gasteiger charge is -2.46. The van der Waals surface area contributed by atoms with Crippen molar-refractivity contribution < 1.29 is 4.74 Å². The van der Waals surface area contributed by atoms with Gasteiger partial charge in [0.1, 0.15) is 0 Å². The van der Waals surface area contributed by atoms with Crippen molar-refractivity contribution in [1.29, 1.82) is 0 Å². The van der Waals surface area contributed by atoms with Crippen molar-refractivity contribution in [3.8, 4) is 0 Å². The van der Waals surface area contributed by atoms with Gasteiger partial charge in [0.25, 0.3) is 0 Å². The molecule has 2 unspecified atom stereocenters. The zero-order chi connectivity index (χ0) is 15.0. The Labute approximate surface area is 138 Å². The monoisotopic (exact) mass is 371 g/mol. The molecule has 6 heteroatoms. The van der Waals surface area contributed by atoms with Gasteiger partial charge in [-0.2, -0.15) is 0 Å². The molecule has 1 saturated carbocycles. The van der Waals surface area contributed by atoms with Gasteiger partial charge in [0.05, 0.1) is 23.2 Å². The first-order chi connectivity index (χ1) is 10.1. The van der Waals surface area contributed by atoms with E-state index in [-0.39, 0.29) is 11.6 Å². The van der Waals surface area contributed by atoms with Crippen molar-refractivity contribution in [2.75, 3.05) is 18.6 Å². The minimum absolute atomic E-state index is 0.144. The largest absolute Gasteiger partial charge is 0.379 e. The Hall–Kier alpha value is -0.780. The normalized spacial score (nSPS) is 29.0. The van der Waals surface area contributed by atoms with Gasteiger partial charge < -0.3 is 15.4 Å².